The molecule has 94 valence electrons. The highest BCUT2D eigenvalue weighted by molar-refractivity contribution is 6.31. The lowest BCUT2D eigenvalue weighted by atomic mass is 10.2. The molecule has 0 spiro atoms. The maximum absolute atomic E-state index is 11.9. The maximum Gasteiger partial charge on any atom is 0.258 e. The molecule has 2 atom stereocenters. The van der Waals surface area contributed by atoms with Crippen molar-refractivity contribution in [2.75, 3.05) is 0 Å². The largest absolute Gasteiger partial charge is 0.309 e. The number of hydrogen-bond acceptors (Lipinski definition) is 3. The molecule has 3 rings (SSSR count). The second kappa shape index (κ2) is 4.37. The molecule has 18 heavy (non-hydrogen) atoms. The van der Waals surface area contributed by atoms with Gasteiger partial charge in [0.15, 0.2) is 0 Å². The van der Waals surface area contributed by atoms with Gasteiger partial charge in [0, 0.05) is 11.1 Å². The highest BCUT2D eigenvalue weighted by Crippen LogP contribution is 2.29. The van der Waals surface area contributed by atoms with E-state index >= 15 is 0 Å². The summed E-state index contributed by atoms with van der Waals surface area (Å²) in [7, 11) is 0. The molecule has 1 aliphatic carbocycles. The summed E-state index contributed by atoms with van der Waals surface area (Å²) >= 11 is 5.91. The third-order valence-electron chi connectivity index (χ3n) is 3.36. The van der Waals surface area contributed by atoms with Gasteiger partial charge in [-0.05, 0) is 30.5 Å². The van der Waals surface area contributed by atoms with Crippen LogP contribution in [0.1, 0.15) is 19.2 Å². The molecule has 1 saturated carbocycles. The molecule has 1 aliphatic rings. The molecule has 0 bridgehead atoms. The molecule has 2 N–H and O–H groups in total. The van der Waals surface area contributed by atoms with Crippen LogP contribution in [0, 0.1) is 5.92 Å². The van der Waals surface area contributed by atoms with Crippen LogP contribution in [0.5, 0.6) is 0 Å². The minimum Gasteiger partial charge on any atom is -0.309 e. The van der Waals surface area contributed by atoms with Gasteiger partial charge in [-0.2, -0.15) is 0 Å². The Kier molecular flexibility index (Phi) is 2.84. The summed E-state index contributed by atoms with van der Waals surface area (Å²) in [5, 5.41) is 4.53. The summed E-state index contributed by atoms with van der Waals surface area (Å²) in [4.78, 5) is 19.1. The van der Waals surface area contributed by atoms with Gasteiger partial charge in [-0.15, -0.1) is 0 Å². The van der Waals surface area contributed by atoms with E-state index < -0.39 is 0 Å². The van der Waals surface area contributed by atoms with Crippen LogP contribution >= 0.6 is 11.6 Å². The zero-order chi connectivity index (χ0) is 12.7. The topological polar surface area (TPSA) is 57.8 Å². The van der Waals surface area contributed by atoms with Gasteiger partial charge in [-0.1, -0.05) is 18.5 Å². The number of halogens is 1. The van der Waals surface area contributed by atoms with Crippen molar-refractivity contribution in [3.63, 3.8) is 0 Å². The molecule has 5 heteroatoms. The zero-order valence-electron chi connectivity index (χ0n) is 10.0. The van der Waals surface area contributed by atoms with Crippen LogP contribution in [0.2, 0.25) is 5.02 Å². The van der Waals surface area contributed by atoms with Crippen molar-refractivity contribution < 1.29 is 0 Å². The normalized spacial score (nSPS) is 22.3. The van der Waals surface area contributed by atoms with E-state index in [-0.39, 0.29) is 5.56 Å². The summed E-state index contributed by atoms with van der Waals surface area (Å²) in [5.74, 6) is 1.39. The molecule has 0 radical (unpaired) electrons. The van der Waals surface area contributed by atoms with Crippen molar-refractivity contribution in [2.45, 2.75) is 25.9 Å². The minimum atomic E-state index is -0.114. The Bertz CT molecular complexity index is 652. The van der Waals surface area contributed by atoms with E-state index in [0.717, 1.165) is 5.92 Å². The number of rotatable bonds is 3. The molecular weight excluding hydrogens is 250 g/mol. The lowest BCUT2D eigenvalue weighted by Gasteiger charge is -2.04. The fourth-order valence-electron chi connectivity index (χ4n) is 2.08. The van der Waals surface area contributed by atoms with Crippen molar-refractivity contribution in [2.24, 2.45) is 5.92 Å². The van der Waals surface area contributed by atoms with Crippen molar-refractivity contribution in [3.8, 4) is 0 Å². The summed E-state index contributed by atoms with van der Waals surface area (Å²) in [6.07, 6.45) is 1.20. The fraction of sp³-hybridized carbons (Fsp3) is 0.385. The van der Waals surface area contributed by atoms with Crippen LogP contribution in [0.3, 0.4) is 0 Å². The number of aromatic amines is 1. The summed E-state index contributed by atoms with van der Waals surface area (Å²) in [6.45, 7) is 2.79. The standard InChI is InChI=1S/C13H14ClN3O/c1-7-4-10(7)15-6-12-16-11-5-8(14)2-3-9(11)13(18)17-12/h2-3,5,7,10,15H,4,6H2,1H3,(H,16,17,18). The van der Waals surface area contributed by atoms with E-state index in [2.05, 4.69) is 22.2 Å². The zero-order valence-corrected chi connectivity index (χ0v) is 10.8. The van der Waals surface area contributed by atoms with Crippen LogP contribution in [0.15, 0.2) is 23.0 Å². The summed E-state index contributed by atoms with van der Waals surface area (Å²) in [6, 6.07) is 5.68. The van der Waals surface area contributed by atoms with Gasteiger partial charge in [-0.25, -0.2) is 4.98 Å². The van der Waals surface area contributed by atoms with Crippen molar-refractivity contribution >= 4 is 22.5 Å². The molecule has 0 saturated heterocycles. The second-order valence-electron chi connectivity index (χ2n) is 4.87. The van der Waals surface area contributed by atoms with E-state index in [0.29, 0.717) is 34.3 Å². The Hall–Kier alpha value is -1.39. The van der Waals surface area contributed by atoms with Gasteiger partial charge in [-0.3, -0.25) is 4.79 Å². The quantitative estimate of drug-likeness (QED) is 0.891. The number of nitrogens with zero attached hydrogens (tertiary/aromatic N) is 1. The smallest absolute Gasteiger partial charge is 0.258 e. The molecule has 1 aromatic heterocycles. The van der Waals surface area contributed by atoms with E-state index in [1.807, 2.05) is 0 Å². The SMILES string of the molecule is CC1CC1NCc1nc2cc(Cl)ccc2c(=O)[nH]1. The number of benzene rings is 1. The third kappa shape index (κ3) is 2.26. The number of aromatic nitrogens is 2. The van der Waals surface area contributed by atoms with E-state index in [9.17, 15) is 4.79 Å². The molecule has 2 unspecified atom stereocenters. The number of nitrogens with one attached hydrogen (secondary N) is 2. The molecule has 1 fully saturated rings. The average Bonchev–Trinajstić information content (AvgIpc) is 3.02. The maximum atomic E-state index is 11.9. The molecule has 4 nitrogen and oxygen atoms in total. The minimum absolute atomic E-state index is 0.114. The van der Waals surface area contributed by atoms with Crippen molar-refractivity contribution in [1.29, 1.82) is 0 Å². The molecule has 0 aliphatic heterocycles. The first-order valence-corrected chi connectivity index (χ1v) is 6.43. The molecule has 2 aromatic rings. The van der Waals surface area contributed by atoms with Gasteiger partial charge < -0.3 is 10.3 Å². The number of fused-ring (bicyclic) bond motifs is 1. The van der Waals surface area contributed by atoms with Crippen molar-refractivity contribution in [3.05, 3.63) is 39.4 Å². The highest BCUT2D eigenvalue weighted by Gasteiger charge is 2.31. The second-order valence-corrected chi connectivity index (χ2v) is 5.31. The van der Waals surface area contributed by atoms with Crippen molar-refractivity contribution in [1.82, 2.24) is 15.3 Å². The summed E-state index contributed by atoms with van der Waals surface area (Å²) in [5.41, 5.74) is 0.532. The molecule has 1 aromatic carbocycles. The third-order valence-corrected chi connectivity index (χ3v) is 3.59. The highest BCUT2D eigenvalue weighted by atomic mass is 35.5. The van der Waals surface area contributed by atoms with Crippen LogP contribution in [-0.4, -0.2) is 16.0 Å². The summed E-state index contributed by atoms with van der Waals surface area (Å²) < 4.78 is 0. The first-order chi connectivity index (χ1) is 8.63. The van der Waals surface area contributed by atoms with Gasteiger partial charge in [0.2, 0.25) is 0 Å². The Labute approximate surface area is 109 Å². The van der Waals surface area contributed by atoms with E-state index in [1.54, 1.807) is 18.2 Å². The van der Waals surface area contributed by atoms with E-state index in [1.165, 1.54) is 6.42 Å². The predicted molar refractivity (Wildman–Crippen MR) is 71.8 cm³/mol. The molecule has 1 heterocycles. The van der Waals surface area contributed by atoms with Crippen LogP contribution in [-0.2, 0) is 6.54 Å². The van der Waals surface area contributed by atoms with Crippen LogP contribution in [0.4, 0.5) is 0 Å². The Morgan fingerprint density at radius 3 is 3.06 bits per heavy atom. The Balaban J connectivity index is 1.90. The Morgan fingerprint density at radius 2 is 2.33 bits per heavy atom. The van der Waals surface area contributed by atoms with E-state index in [4.69, 9.17) is 11.6 Å². The lowest BCUT2D eigenvalue weighted by molar-refractivity contribution is 0.630. The number of hydrogen-bond donors (Lipinski definition) is 2. The van der Waals surface area contributed by atoms with Gasteiger partial charge >= 0.3 is 0 Å². The monoisotopic (exact) mass is 263 g/mol. The van der Waals surface area contributed by atoms with Gasteiger partial charge in [0.05, 0.1) is 17.4 Å². The fourth-order valence-corrected chi connectivity index (χ4v) is 2.25. The lowest BCUT2D eigenvalue weighted by Crippen LogP contribution is -2.21. The Morgan fingerprint density at radius 1 is 1.56 bits per heavy atom. The van der Waals surface area contributed by atoms with Gasteiger partial charge in [0.1, 0.15) is 5.82 Å². The average molecular weight is 264 g/mol. The van der Waals surface area contributed by atoms with Crippen LogP contribution in [0.25, 0.3) is 10.9 Å². The van der Waals surface area contributed by atoms with Gasteiger partial charge in [0.25, 0.3) is 5.56 Å². The number of H-pyrrole nitrogens is 1. The molecule has 0 amide bonds. The molecular formula is C13H14ClN3O. The van der Waals surface area contributed by atoms with Crippen LogP contribution < -0.4 is 10.9 Å². The first kappa shape index (κ1) is 11.7. The predicted octanol–water partition coefficient (Wildman–Crippen LogP) is 2.07. The first-order valence-electron chi connectivity index (χ1n) is 6.05.